The molecule has 0 unspecified atom stereocenters. The van der Waals surface area contributed by atoms with E-state index in [9.17, 15) is 13.2 Å². The third kappa shape index (κ3) is 6.12. The highest BCUT2D eigenvalue weighted by molar-refractivity contribution is 5.83. The van der Waals surface area contributed by atoms with Crippen molar-refractivity contribution in [3.05, 3.63) is 0 Å². The number of aliphatic imine (C=N–C) groups is 1. The van der Waals surface area contributed by atoms with Crippen LogP contribution in [0, 0.1) is 0 Å². The molecule has 0 N–H and O–H groups in total. The van der Waals surface area contributed by atoms with Gasteiger partial charge in [0.1, 0.15) is 12.4 Å². The second-order valence-corrected chi connectivity index (χ2v) is 2.40. The van der Waals surface area contributed by atoms with Crippen LogP contribution in [0.2, 0.25) is 0 Å². The highest BCUT2D eigenvalue weighted by atomic mass is 19.4. The lowest BCUT2D eigenvalue weighted by Gasteiger charge is -2.18. The number of halogens is 3. The van der Waals surface area contributed by atoms with Gasteiger partial charge in [0.05, 0.1) is 0 Å². The van der Waals surface area contributed by atoms with E-state index in [4.69, 9.17) is 0 Å². The standard InChI is InChI=1S/C7H12F3N3/c1-4-13(5-7(8,9)10)12-6(2)11-3/h3-5H2,1-2H3/b12-6-. The van der Waals surface area contributed by atoms with E-state index in [2.05, 4.69) is 16.8 Å². The van der Waals surface area contributed by atoms with Crippen molar-refractivity contribution in [3.63, 3.8) is 0 Å². The van der Waals surface area contributed by atoms with Crippen LogP contribution in [0.3, 0.4) is 0 Å². The Morgan fingerprint density at radius 1 is 1.46 bits per heavy atom. The first-order valence-corrected chi connectivity index (χ1v) is 3.72. The summed E-state index contributed by atoms with van der Waals surface area (Å²) in [5, 5.41) is 4.49. The van der Waals surface area contributed by atoms with Crippen molar-refractivity contribution in [2.24, 2.45) is 10.1 Å². The predicted octanol–water partition coefficient (Wildman–Crippen LogP) is 1.90. The molecule has 0 atom stereocenters. The largest absolute Gasteiger partial charge is 0.407 e. The van der Waals surface area contributed by atoms with Crippen molar-refractivity contribution in [2.75, 3.05) is 13.1 Å². The number of hydrazone groups is 1. The van der Waals surface area contributed by atoms with Gasteiger partial charge in [-0.15, -0.1) is 0 Å². The fourth-order valence-corrected chi connectivity index (χ4v) is 0.661. The van der Waals surface area contributed by atoms with Gasteiger partial charge in [0.15, 0.2) is 0 Å². The van der Waals surface area contributed by atoms with E-state index in [0.717, 1.165) is 5.01 Å². The maximum absolute atomic E-state index is 11.9. The predicted molar refractivity (Wildman–Crippen MR) is 46.0 cm³/mol. The van der Waals surface area contributed by atoms with Crippen LogP contribution in [-0.4, -0.2) is 36.8 Å². The van der Waals surface area contributed by atoms with Gasteiger partial charge in [-0.25, -0.2) is 4.99 Å². The lowest BCUT2D eigenvalue weighted by Crippen LogP contribution is -2.30. The van der Waals surface area contributed by atoms with Crippen LogP contribution in [0.4, 0.5) is 13.2 Å². The summed E-state index contributed by atoms with van der Waals surface area (Å²) in [7, 11) is 0. The fraction of sp³-hybridized carbons (Fsp3) is 0.714. The van der Waals surface area contributed by atoms with Crippen molar-refractivity contribution >= 4 is 12.6 Å². The lowest BCUT2D eigenvalue weighted by molar-refractivity contribution is -0.145. The molecular weight excluding hydrogens is 183 g/mol. The minimum atomic E-state index is -4.24. The molecule has 76 valence electrons. The molecule has 0 aromatic carbocycles. The van der Waals surface area contributed by atoms with Crippen molar-refractivity contribution < 1.29 is 13.2 Å². The molecule has 0 amide bonds. The SMILES string of the molecule is C=N/C(C)=N\N(CC)CC(F)(F)F. The van der Waals surface area contributed by atoms with Crippen molar-refractivity contribution in [1.29, 1.82) is 0 Å². The van der Waals surface area contributed by atoms with Crippen LogP contribution < -0.4 is 0 Å². The summed E-state index contributed by atoms with van der Waals surface area (Å²) in [6.07, 6.45) is -4.24. The molecule has 3 nitrogen and oxygen atoms in total. The molecular formula is C7H12F3N3. The summed E-state index contributed by atoms with van der Waals surface area (Å²) in [5.74, 6) is 0.228. The Hall–Kier alpha value is -1.07. The van der Waals surface area contributed by atoms with Crippen molar-refractivity contribution in [1.82, 2.24) is 5.01 Å². The van der Waals surface area contributed by atoms with Gasteiger partial charge in [-0.05, 0) is 20.6 Å². The molecule has 0 saturated heterocycles. The number of alkyl halides is 3. The molecule has 0 radical (unpaired) electrons. The molecule has 0 aliphatic rings. The summed E-state index contributed by atoms with van der Waals surface area (Å²) in [6, 6.07) is 0. The number of hydrogen-bond acceptors (Lipinski definition) is 2. The Balaban J connectivity index is 4.28. The Labute approximate surface area is 74.9 Å². The summed E-state index contributed by atoms with van der Waals surface area (Å²) in [5.41, 5.74) is 0. The maximum Gasteiger partial charge on any atom is 0.407 e. The van der Waals surface area contributed by atoms with E-state index < -0.39 is 12.7 Å². The molecule has 0 aliphatic heterocycles. The molecule has 0 heterocycles. The first kappa shape index (κ1) is 11.9. The average molecular weight is 195 g/mol. The van der Waals surface area contributed by atoms with Crippen molar-refractivity contribution in [3.8, 4) is 0 Å². The quantitative estimate of drug-likeness (QED) is 0.384. The van der Waals surface area contributed by atoms with E-state index in [0.29, 0.717) is 0 Å². The summed E-state index contributed by atoms with van der Waals surface area (Å²) in [4.78, 5) is 3.40. The molecule has 0 aromatic heterocycles. The molecule has 0 aliphatic carbocycles. The van der Waals surface area contributed by atoms with E-state index in [-0.39, 0.29) is 12.4 Å². The Kier molecular flexibility index (Phi) is 4.44. The molecule has 13 heavy (non-hydrogen) atoms. The zero-order valence-corrected chi connectivity index (χ0v) is 7.60. The second-order valence-electron chi connectivity index (χ2n) is 2.40. The Bertz CT molecular complexity index is 198. The molecule has 0 rings (SSSR count). The first-order valence-electron chi connectivity index (χ1n) is 3.72. The molecule has 0 aromatic rings. The minimum absolute atomic E-state index is 0.187. The summed E-state index contributed by atoms with van der Waals surface area (Å²) in [6.45, 7) is 5.36. The van der Waals surface area contributed by atoms with Crippen LogP contribution in [0.1, 0.15) is 13.8 Å². The van der Waals surface area contributed by atoms with Crippen LogP contribution in [0.25, 0.3) is 0 Å². The van der Waals surface area contributed by atoms with E-state index in [1.165, 1.54) is 6.92 Å². The fourth-order valence-electron chi connectivity index (χ4n) is 0.661. The monoisotopic (exact) mass is 195 g/mol. The van der Waals surface area contributed by atoms with E-state index >= 15 is 0 Å². The topological polar surface area (TPSA) is 28.0 Å². The smallest absolute Gasteiger partial charge is 0.286 e. The van der Waals surface area contributed by atoms with E-state index in [1.54, 1.807) is 6.92 Å². The zero-order chi connectivity index (χ0) is 10.5. The normalized spacial score (nSPS) is 12.8. The summed E-state index contributed by atoms with van der Waals surface area (Å²) >= 11 is 0. The number of amidine groups is 1. The van der Waals surface area contributed by atoms with E-state index in [1.807, 2.05) is 0 Å². The molecule has 0 saturated carbocycles. The summed E-state index contributed by atoms with van der Waals surface area (Å²) < 4.78 is 35.7. The highest BCUT2D eigenvalue weighted by Gasteiger charge is 2.29. The van der Waals surface area contributed by atoms with Gasteiger partial charge in [0.25, 0.3) is 0 Å². The van der Waals surface area contributed by atoms with Gasteiger partial charge in [0.2, 0.25) is 0 Å². The lowest BCUT2D eigenvalue weighted by atomic mass is 10.5. The average Bonchev–Trinajstić information content (AvgIpc) is 2.00. The van der Waals surface area contributed by atoms with Crippen molar-refractivity contribution in [2.45, 2.75) is 20.0 Å². The van der Waals surface area contributed by atoms with Crippen LogP contribution in [-0.2, 0) is 0 Å². The number of rotatable bonds is 3. The highest BCUT2D eigenvalue weighted by Crippen LogP contribution is 2.16. The van der Waals surface area contributed by atoms with Gasteiger partial charge in [-0.2, -0.15) is 18.3 Å². The van der Waals surface area contributed by atoms with Crippen LogP contribution in [0.5, 0.6) is 0 Å². The van der Waals surface area contributed by atoms with Gasteiger partial charge in [-0.3, -0.25) is 5.01 Å². The van der Waals surface area contributed by atoms with Gasteiger partial charge < -0.3 is 0 Å². The first-order chi connectivity index (χ1) is 5.89. The molecule has 0 spiro atoms. The van der Waals surface area contributed by atoms with Gasteiger partial charge >= 0.3 is 6.18 Å². The molecule has 0 bridgehead atoms. The van der Waals surface area contributed by atoms with Gasteiger partial charge in [0, 0.05) is 6.54 Å². The minimum Gasteiger partial charge on any atom is -0.286 e. The maximum atomic E-state index is 11.9. The molecule has 6 heteroatoms. The number of nitrogens with zero attached hydrogens (tertiary/aromatic N) is 3. The second kappa shape index (κ2) is 4.84. The van der Waals surface area contributed by atoms with Gasteiger partial charge in [-0.1, -0.05) is 0 Å². The number of hydrogen-bond donors (Lipinski definition) is 0. The van der Waals surface area contributed by atoms with Crippen LogP contribution in [0.15, 0.2) is 10.1 Å². The third-order valence-corrected chi connectivity index (χ3v) is 1.24. The Morgan fingerprint density at radius 3 is 2.31 bits per heavy atom. The third-order valence-electron chi connectivity index (χ3n) is 1.24. The van der Waals surface area contributed by atoms with Crippen LogP contribution >= 0.6 is 0 Å². The molecule has 0 fully saturated rings. The Morgan fingerprint density at radius 2 is 2.00 bits per heavy atom. The zero-order valence-electron chi connectivity index (χ0n) is 7.60.